The number of benzene rings is 3. The molecular weight excluding hydrogens is 456 g/mol. The van der Waals surface area contributed by atoms with Gasteiger partial charge >= 0.3 is 0 Å². The van der Waals surface area contributed by atoms with E-state index in [1.54, 1.807) is 55.7 Å². The van der Waals surface area contributed by atoms with E-state index in [1.807, 2.05) is 18.2 Å². The zero-order valence-electron chi connectivity index (χ0n) is 18.9. The molecule has 0 spiro atoms. The van der Waals surface area contributed by atoms with Gasteiger partial charge in [0.1, 0.15) is 0 Å². The molecule has 0 atom stereocenters. The molecule has 34 heavy (non-hydrogen) atoms. The van der Waals surface area contributed by atoms with Gasteiger partial charge in [-0.15, -0.1) is 0 Å². The first-order chi connectivity index (χ1) is 16.5. The number of methoxy groups -OCH3 is 3. The molecule has 0 radical (unpaired) electrons. The van der Waals surface area contributed by atoms with Gasteiger partial charge in [-0.1, -0.05) is 29.8 Å². The van der Waals surface area contributed by atoms with Gasteiger partial charge in [0.05, 0.1) is 38.0 Å². The van der Waals surface area contributed by atoms with Gasteiger partial charge in [0.25, 0.3) is 5.91 Å². The van der Waals surface area contributed by atoms with Gasteiger partial charge in [-0.2, -0.15) is 5.26 Å². The van der Waals surface area contributed by atoms with Crippen LogP contribution in [0, 0.1) is 11.3 Å². The van der Waals surface area contributed by atoms with Crippen LogP contribution in [-0.4, -0.2) is 33.8 Å². The number of halogens is 1. The molecule has 0 aliphatic rings. The minimum Gasteiger partial charge on any atom is -0.493 e. The topological polar surface area (TPSA) is 89.8 Å². The number of para-hydroxylation sites is 1. The number of hydrogen-bond acceptors (Lipinski definition) is 6. The number of hydrogen-bond donors (Lipinski definition) is 1. The van der Waals surface area contributed by atoms with Crippen molar-refractivity contribution >= 4 is 34.8 Å². The van der Waals surface area contributed by atoms with Crippen molar-refractivity contribution in [3.8, 4) is 29.1 Å². The summed E-state index contributed by atoms with van der Waals surface area (Å²) in [4.78, 5) is 12.2. The van der Waals surface area contributed by atoms with Gasteiger partial charge in [-0.25, -0.2) is 0 Å². The van der Waals surface area contributed by atoms with E-state index >= 15 is 0 Å². The van der Waals surface area contributed by atoms with Crippen molar-refractivity contribution < 1.29 is 23.7 Å². The maximum Gasteiger partial charge on any atom is 0.262 e. The molecule has 0 saturated heterocycles. The minimum atomic E-state index is -0.339. The monoisotopic (exact) mass is 478 g/mol. The zero-order chi connectivity index (χ0) is 24.5. The summed E-state index contributed by atoms with van der Waals surface area (Å²) >= 11 is 6.43. The number of rotatable bonds is 9. The Labute approximate surface area is 203 Å². The third kappa shape index (κ3) is 6.00. The van der Waals surface area contributed by atoms with Crippen LogP contribution in [-0.2, 0) is 4.79 Å². The molecular formula is C26H23ClN2O5. The first kappa shape index (κ1) is 24.5. The second-order valence-electron chi connectivity index (χ2n) is 6.98. The molecule has 0 bridgehead atoms. The van der Waals surface area contributed by atoms with Gasteiger partial charge in [0.15, 0.2) is 29.6 Å². The number of nitriles is 1. The molecule has 3 aromatic rings. The highest BCUT2D eigenvalue weighted by atomic mass is 35.5. The number of carbonyl (C=O) groups excluding carboxylic acids is 1. The molecule has 3 aromatic carbocycles. The third-order valence-corrected chi connectivity index (χ3v) is 5.06. The van der Waals surface area contributed by atoms with Crippen LogP contribution in [0.1, 0.15) is 11.1 Å². The van der Waals surface area contributed by atoms with Gasteiger partial charge in [-0.05, 0) is 59.7 Å². The molecule has 1 N–H and O–H groups in total. The van der Waals surface area contributed by atoms with Crippen LogP contribution in [0.25, 0.3) is 11.6 Å². The zero-order valence-corrected chi connectivity index (χ0v) is 19.7. The SMILES string of the molecule is COc1ccc(/C(C#N)=C/c2cc(Cl)c(OCC(=O)Nc3ccccc3)c(OC)c2)cc1OC. The van der Waals surface area contributed by atoms with E-state index in [2.05, 4.69) is 11.4 Å². The van der Waals surface area contributed by atoms with Gasteiger partial charge in [0, 0.05) is 5.69 Å². The van der Waals surface area contributed by atoms with Crippen LogP contribution in [0.2, 0.25) is 5.02 Å². The highest BCUT2D eigenvalue weighted by Crippen LogP contribution is 2.38. The highest BCUT2D eigenvalue weighted by Gasteiger charge is 2.15. The van der Waals surface area contributed by atoms with Crippen molar-refractivity contribution in [2.75, 3.05) is 33.3 Å². The molecule has 0 unspecified atom stereocenters. The van der Waals surface area contributed by atoms with Crippen LogP contribution in [0.4, 0.5) is 5.69 Å². The Bertz CT molecular complexity index is 1240. The number of anilines is 1. The average Bonchev–Trinajstić information content (AvgIpc) is 2.86. The van der Waals surface area contributed by atoms with Crippen molar-refractivity contribution in [2.45, 2.75) is 0 Å². The lowest BCUT2D eigenvalue weighted by Crippen LogP contribution is -2.20. The van der Waals surface area contributed by atoms with E-state index in [0.29, 0.717) is 39.6 Å². The normalized spacial score (nSPS) is 10.7. The Balaban J connectivity index is 1.82. The van der Waals surface area contributed by atoms with E-state index in [1.165, 1.54) is 14.2 Å². The third-order valence-electron chi connectivity index (χ3n) is 4.78. The predicted octanol–water partition coefficient (Wildman–Crippen LogP) is 5.45. The number of allylic oxidation sites excluding steroid dienone is 1. The molecule has 8 heteroatoms. The van der Waals surface area contributed by atoms with Crippen molar-refractivity contribution in [1.82, 2.24) is 0 Å². The number of carbonyl (C=O) groups is 1. The maximum atomic E-state index is 12.2. The summed E-state index contributed by atoms with van der Waals surface area (Å²) in [6.45, 7) is -0.255. The molecule has 3 rings (SSSR count). The van der Waals surface area contributed by atoms with Crippen molar-refractivity contribution in [3.63, 3.8) is 0 Å². The van der Waals surface area contributed by atoms with E-state index in [-0.39, 0.29) is 23.3 Å². The van der Waals surface area contributed by atoms with Gasteiger partial charge in [0.2, 0.25) is 0 Å². The molecule has 174 valence electrons. The lowest BCUT2D eigenvalue weighted by atomic mass is 10.0. The number of nitrogens with zero attached hydrogens (tertiary/aromatic N) is 1. The first-order valence-electron chi connectivity index (χ1n) is 10.2. The summed E-state index contributed by atoms with van der Waals surface area (Å²) in [5.74, 6) is 1.29. The summed E-state index contributed by atoms with van der Waals surface area (Å²) in [5, 5.41) is 12.7. The Kier molecular flexibility index (Phi) is 8.38. The number of ether oxygens (including phenoxy) is 4. The quantitative estimate of drug-likeness (QED) is 0.325. The van der Waals surface area contributed by atoms with Crippen LogP contribution in [0.5, 0.6) is 23.0 Å². The fraction of sp³-hybridized carbons (Fsp3) is 0.154. The molecule has 0 aliphatic carbocycles. The van der Waals surface area contributed by atoms with Crippen LogP contribution in [0.3, 0.4) is 0 Å². The smallest absolute Gasteiger partial charge is 0.262 e. The Morgan fingerprint density at radius 1 is 0.971 bits per heavy atom. The summed E-state index contributed by atoms with van der Waals surface area (Å²) in [6.07, 6.45) is 1.67. The summed E-state index contributed by atoms with van der Waals surface area (Å²) in [6, 6.07) is 19.7. The molecule has 0 heterocycles. The van der Waals surface area contributed by atoms with E-state index in [4.69, 9.17) is 30.5 Å². The lowest BCUT2D eigenvalue weighted by molar-refractivity contribution is -0.118. The predicted molar refractivity (Wildman–Crippen MR) is 132 cm³/mol. The molecule has 0 fully saturated rings. The van der Waals surface area contributed by atoms with E-state index in [9.17, 15) is 10.1 Å². The second kappa shape index (κ2) is 11.6. The fourth-order valence-electron chi connectivity index (χ4n) is 3.17. The number of amides is 1. The first-order valence-corrected chi connectivity index (χ1v) is 10.6. The molecule has 1 amide bonds. The number of nitrogens with one attached hydrogen (secondary N) is 1. The summed E-state index contributed by atoms with van der Waals surface area (Å²) < 4.78 is 21.6. The lowest BCUT2D eigenvalue weighted by Gasteiger charge is -2.14. The van der Waals surface area contributed by atoms with Gasteiger partial charge < -0.3 is 24.3 Å². The summed E-state index contributed by atoms with van der Waals surface area (Å²) in [5.41, 5.74) is 2.31. The van der Waals surface area contributed by atoms with E-state index in [0.717, 1.165) is 0 Å². The molecule has 7 nitrogen and oxygen atoms in total. The largest absolute Gasteiger partial charge is 0.493 e. The molecule has 0 saturated carbocycles. The van der Waals surface area contributed by atoms with Crippen LogP contribution in [0.15, 0.2) is 60.7 Å². The molecule has 0 aliphatic heterocycles. The second-order valence-corrected chi connectivity index (χ2v) is 7.38. The standard InChI is InChI=1S/C26H23ClN2O5/c1-31-22-10-9-18(14-23(22)32-2)19(15-28)11-17-12-21(27)26(24(13-17)33-3)34-16-25(30)29-20-7-5-4-6-8-20/h4-14H,16H2,1-3H3,(H,29,30)/b19-11+. The van der Waals surface area contributed by atoms with Crippen LogP contribution < -0.4 is 24.3 Å². The summed E-state index contributed by atoms with van der Waals surface area (Å²) in [7, 11) is 4.54. The van der Waals surface area contributed by atoms with Crippen molar-refractivity contribution in [2.24, 2.45) is 0 Å². The highest BCUT2D eigenvalue weighted by molar-refractivity contribution is 6.32. The van der Waals surface area contributed by atoms with Crippen LogP contribution >= 0.6 is 11.6 Å². The van der Waals surface area contributed by atoms with Crippen molar-refractivity contribution in [3.05, 3.63) is 76.8 Å². The van der Waals surface area contributed by atoms with Gasteiger partial charge in [-0.3, -0.25) is 4.79 Å². The van der Waals surface area contributed by atoms with E-state index < -0.39 is 0 Å². The molecule has 0 aromatic heterocycles. The Morgan fingerprint density at radius 3 is 2.32 bits per heavy atom. The minimum absolute atomic E-state index is 0.231. The maximum absolute atomic E-state index is 12.2. The van der Waals surface area contributed by atoms with Crippen molar-refractivity contribution in [1.29, 1.82) is 5.26 Å². The Hall–Kier alpha value is -4.15. The fourth-order valence-corrected chi connectivity index (χ4v) is 3.44. The average molecular weight is 479 g/mol. The Morgan fingerprint density at radius 2 is 1.68 bits per heavy atom.